The number of rotatable bonds is 4. The lowest BCUT2D eigenvalue weighted by Gasteiger charge is -2.29. The van der Waals surface area contributed by atoms with E-state index in [0.717, 1.165) is 13.0 Å². The van der Waals surface area contributed by atoms with Gasteiger partial charge < -0.3 is 5.32 Å². The Kier molecular flexibility index (Phi) is 3.82. The van der Waals surface area contributed by atoms with E-state index in [0.29, 0.717) is 5.41 Å². The molecular formula is C15H22FN. The summed E-state index contributed by atoms with van der Waals surface area (Å²) in [5, 5.41) is 3.31. The Morgan fingerprint density at radius 1 is 1.29 bits per heavy atom. The van der Waals surface area contributed by atoms with Crippen LogP contribution in [0.2, 0.25) is 0 Å². The molecule has 0 bridgehead atoms. The standard InChI is InChI=1S/C15H22FN/c1-12-5-6-14(16)9-13(12)10-15(11-17-2)7-3-4-8-15/h5-6,9,17H,3-4,7-8,10-11H2,1-2H3. The normalized spacial score (nSPS) is 18.5. The van der Waals surface area contributed by atoms with Gasteiger partial charge in [0.2, 0.25) is 0 Å². The average Bonchev–Trinajstić information content (AvgIpc) is 2.73. The molecule has 0 amide bonds. The summed E-state index contributed by atoms with van der Waals surface area (Å²) in [6.45, 7) is 3.12. The summed E-state index contributed by atoms with van der Waals surface area (Å²) in [5.41, 5.74) is 2.75. The molecule has 1 nitrogen and oxygen atoms in total. The van der Waals surface area contributed by atoms with Crippen molar-refractivity contribution in [2.45, 2.75) is 39.0 Å². The van der Waals surface area contributed by atoms with Crippen molar-refractivity contribution in [3.05, 3.63) is 35.1 Å². The summed E-state index contributed by atoms with van der Waals surface area (Å²) < 4.78 is 13.3. The molecule has 2 heteroatoms. The van der Waals surface area contributed by atoms with E-state index < -0.39 is 0 Å². The first-order valence-corrected chi connectivity index (χ1v) is 6.55. The Morgan fingerprint density at radius 2 is 2.00 bits per heavy atom. The van der Waals surface area contributed by atoms with E-state index in [1.54, 1.807) is 12.1 Å². The van der Waals surface area contributed by atoms with Crippen molar-refractivity contribution in [1.82, 2.24) is 5.32 Å². The molecular weight excluding hydrogens is 213 g/mol. The lowest BCUT2D eigenvalue weighted by atomic mass is 9.79. The number of halogens is 1. The Bertz CT molecular complexity index is 381. The highest BCUT2D eigenvalue weighted by Gasteiger charge is 2.33. The van der Waals surface area contributed by atoms with Crippen molar-refractivity contribution in [3.63, 3.8) is 0 Å². The molecule has 1 N–H and O–H groups in total. The first-order chi connectivity index (χ1) is 8.15. The van der Waals surface area contributed by atoms with Crippen LogP contribution in [0, 0.1) is 18.2 Å². The van der Waals surface area contributed by atoms with Crippen LogP contribution in [0.5, 0.6) is 0 Å². The Labute approximate surface area is 103 Å². The minimum Gasteiger partial charge on any atom is -0.319 e. The number of hydrogen-bond acceptors (Lipinski definition) is 1. The average molecular weight is 235 g/mol. The smallest absolute Gasteiger partial charge is 0.123 e. The second kappa shape index (κ2) is 5.18. The third-order valence-electron chi connectivity index (χ3n) is 4.09. The number of nitrogens with one attached hydrogen (secondary N) is 1. The lowest BCUT2D eigenvalue weighted by Crippen LogP contribution is -2.32. The van der Waals surface area contributed by atoms with E-state index in [2.05, 4.69) is 12.2 Å². The minimum absolute atomic E-state index is 0.108. The molecule has 0 aromatic heterocycles. The third kappa shape index (κ3) is 2.86. The SMILES string of the molecule is CNCC1(Cc2cc(F)ccc2C)CCCC1. The topological polar surface area (TPSA) is 12.0 Å². The van der Waals surface area contributed by atoms with Crippen LogP contribution in [-0.4, -0.2) is 13.6 Å². The van der Waals surface area contributed by atoms with Crippen LogP contribution in [0.15, 0.2) is 18.2 Å². The molecule has 0 aliphatic heterocycles. The van der Waals surface area contributed by atoms with Crippen molar-refractivity contribution in [1.29, 1.82) is 0 Å². The summed E-state index contributed by atoms with van der Waals surface area (Å²) >= 11 is 0. The van der Waals surface area contributed by atoms with Gasteiger partial charge >= 0.3 is 0 Å². The molecule has 0 unspecified atom stereocenters. The van der Waals surface area contributed by atoms with Crippen molar-refractivity contribution < 1.29 is 4.39 Å². The van der Waals surface area contributed by atoms with Crippen molar-refractivity contribution >= 4 is 0 Å². The maximum absolute atomic E-state index is 13.3. The Hall–Kier alpha value is -0.890. The van der Waals surface area contributed by atoms with Crippen LogP contribution in [-0.2, 0) is 6.42 Å². The zero-order valence-corrected chi connectivity index (χ0v) is 10.9. The number of aryl methyl sites for hydroxylation is 1. The predicted octanol–water partition coefficient (Wildman–Crippen LogP) is 3.46. The second-order valence-electron chi connectivity index (χ2n) is 5.49. The van der Waals surface area contributed by atoms with Gasteiger partial charge in [-0.2, -0.15) is 0 Å². The first kappa shape index (κ1) is 12.6. The number of hydrogen-bond donors (Lipinski definition) is 1. The second-order valence-corrected chi connectivity index (χ2v) is 5.49. The molecule has 1 saturated carbocycles. The molecule has 94 valence electrons. The molecule has 1 aromatic rings. The van der Waals surface area contributed by atoms with Gasteiger partial charge in [0.05, 0.1) is 0 Å². The van der Waals surface area contributed by atoms with E-state index in [9.17, 15) is 4.39 Å². The highest BCUT2D eigenvalue weighted by molar-refractivity contribution is 5.28. The van der Waals surface area contributed by atoms with Crippen molar-refractivity contribution in [3.8, 4) is 0 Å². The molecule has 1 aliphatic carbocycles. The molecule has 0 saturated heterocycles. The molecule has 1 aromatic carbocycles. The zero-order chi connectivity index (χ0) is 12.3. The van der Waals surface area contributed by atoms with E-state index in [1.807, 2.05) is 13.1 Å². The molecule has 0 atom stereocenters. The van der Waals surface area contributed by atoms with Crippen LogP contribution in [0.3, 0.4) is 0 Å². The fourth-order valence-electron chi connectivity index (χ4n) is 3.15. The molecule has 0 heterocycles. The van der Waals surface area contributed by atoms with Crippen LogP contribution in [0.1, 0.15) is 36.8 Å². The first-order valence-electron chi connectivity index (χ1n) is 6.55. The summed E-state index contributed by atoms with van der Waals surface area (Å²) in [4.78, 5) is 0. The molecule has 1 fully saturated rings. The monoisotopic (exact) mass is 235 g/mol. The van der Waals surface area contributed by atoms with E-state index in [-0.39, 0.29) is 5.82 Å². The summed E-state index contributed by atoms with van der Waals surface area (Å²) in [6.07, 6.45) is 6.18. The highest BCUT2D eigenvalue weighted by atomic mass is 19.1. The van der Waals surface area contributed by atoms with E-state index >= 15 is 0 Å². The van der Waals surface area contributed by atoms with Gasteiger partial charge in [0.1, 0.15) is 5.82 Å². The Balaban J connectivity index is 2.19. The largest absolute Gasteiger partial charge is 0.319 e. The maximum atomic E-state index is 13.3. The molecule has 0 spiro atoms. The lowest BCUT2D eigenvalue weighted by molar-refractivity contribution is 0.285. The van der Waals surface area contributed by atoms with Crippen LogP contribution in [0.4, 0.5) is 4.39 Å². The van der Waals surface area contributed by atoms with Gasteiger partial charge in [-0.1, -0.05) is 18.9 Å². The van der Waals surface area contributed by atoms with E-state index in [4.69, 9.17) is 0 Å². The van der Waals surface area contributed by atoms with Gasteiger partial charge in [-0.3, -0.25) is 0 Å². The quantitative estimate of drug-likeness (QED) is 0.842. The minimum atomic E-state index is -0.108. The van der Waals surface area contributed by atoms with Gasteiger partial charge in [0.25, 0.3) is 0 Å². The fourth-order valence-corrected chi connectivity index (χ4v) is 3.15. The highest BCUT2D eigenvalue weighted by Crippen LogP contribution is 2.40. The van der Waals surface area contributed by atoms with Crippen LogP contribution >= 0.6 is 0 Å². The van der Waals surface area contributed by atoms with Crippen molar-refractivity contribution in [2.75, 3.05) is 13.6 Å². The van der Waals surface area contributed by atoms with Gasteiger partial charge in [0.15, 0.2) is 0 Å². The number of benzene rings is 1. The summed E-state index contributed by atoms with van der Waals surface area (Å²) in [6, 6.07) is 5.16. The van der Waals surface area contributed by atoms with Gasteiger partial charge in [0, 0.05) is 6.54 Å². The molecule has 1 aliphatic rings. The molecule has 17 heavy (non-hydrogen) atoms. The summed E-state index contributed by atoms with van der Waals surface area (Å²) in [7, 11) is 2.01. The van der Waals surface area contributed by atoms with Crippen LogP contribution in [0.25, 0.3) is 0 Å². The summed E-state index contributed by atoms with van der Waals surface area (Å²) in [5.74, 6) is -0.108. The predicted molar refractivity (Wildman–Crippen MR) is 69.7 cm³/mol. The molecule has 0 radical (unpaired) electrons. The maximum Gasteiger partial charge on any atom is 0.123 e. The van der Waals surface area contributed by atoms with E-state index in [1.165, 1.54) is 36.8 Å². The van der Waals surface area contributed by atoms with Gasteiger partial charge in [-0.15, -0.1) is 0 Å². The third-order valence-corrected chi connectivity index (χ3v) is 4.09. The Morgan fingerprint density at radius 3 is 2.65 bits per heavy atom. The zero-order valence-electron chi connectivity index (χ0n) is 10.9. The molecule has 2 rings (SSSR count). The van der Waals surface area contributed by atoms with Gasteiger partial charge in [-0.25, -0.2) is 4.39 Å². The fraction of sp³-hybridized carbons (Fsp3) is 0.600. The van der Waals surface area contributed by atoms with Crippen LogP contribution < -0.4 is 5.32 Å². The van der Waals surface area contributed by atoms with Crippen molar-refractivity contribution in [2.24, 2.45) is 5.41 Å². The van der Waals surface area contributed by atoms with Gasteiger partial charge in [-0.05, 0) is 61.9 Å².